The van der Waals surface area contributed by atoms with E-state index >= 15 is 0 Å². The minimum atomic E-state index is -0.775. The fourth-order valence-corrected chi connectivity index (χ4v) is 2.15. The van der Waals surface area contributed by atoms with Crippen LogP contribution in [0.1, 0.15) is 11.1 Å². The Morgan fingerprint density at radius 2 is 1.04 bits per heavy atom. The first-order valence-electron chi connectivity index (χ1n) is 7.08. The molecule has 0 fully saturated rings. The van der Waals surface area contributed by atoms with Gasteiger partial charge in [-0.2, -0.15) is 9.58 Å². The minimum absolute atomic E-state index is 0.213. The first-order valence-corrected chi connectivity index (χ1v) is 7.08. The second kappa shape index (κ2) is 7.56. The number of Topliss-reactive ketones (excluding diaryl/α,β-unsaturated/α-hetero) is 1. The Balaban J connectivity index is 2.37. The van der Waals surface area contributed by atoms with Gasteiger partial charge in [0.1, 0.15) is 0 Å². The maximum Gasteiger partial charge on any atom is 0.377 e. The van der Waals surface area contributed by atoms with Gasteiger partial charge in [0.2, 0.25) is 0 Å². The van der Waals surface area contributed by atoms with Crippen LogP contribution in [0.15, 0.2) is 73.8 Å². The molecule has 0 saturated carbocycles. The molecule has 24 heavy (non-hydrogen) atoms. The molecule has 0 N–H and O–H groups in total. The number of allylic oxidation sites excluding steroid dienone is 2. The second-order valence-corrected chi connectivity index (χ2v) is 4.92. The summed E-state index contributed by atoms with van der Waals surface area (Å²) in [5.41, 5.74) is 19.6. The van der Waals surface area contributed by atoms with Crippen molar-refractivity contribution >= 4 is 28.4 Å². The second-order valence-electron chi connectivity index (χ2n) is 4.92. The third-order valence-electron chi connectivity index (χ3n) is 3.45. The summed E-state index contributed by atoms with van der Waals surface area (Å²) < 4.78 is 0. The summed E-state index contributed by atoms with van der Waals surface area (Å²) in [6, 6.07) is 17.6. The van der Waals surface area contributed by atoms with Crippen molar-refractivity contribution < 1.29 is 14.4 Å². The van der Waals surface area contributed by atoms with Crippen molar-refractivity contribution in [2.75, 3.05) is 0 Å². The van der Waals surface area contributed by atoms with Crippen molar-refractivity contribution in [2.45, 2.75) is 0 Å². The monoisotopic (exact) mass is 314 g/mol. The van der Waals surface area contributed by atoms with Crippen LogP contribution in [0.25, 0.3) is 22.2 Å². The average molecular weight is 314 g/mol. The van der Waals surface area contributed by atoms with Crippen molar-refractivity contribution in [1.82, 2.24) is 0 Å². The number of carbonyl (C=O) groups is 1. The van der Waals surface area contributed by atoms with Gasteiger partial charge in [-0.05, 0) is 11.1 Å². The highest BCUT2D eigenvalue weighted by Crippen LogP contribution is 2.17. The Kier molecular flexibility index (Phi) is 5.27. The Hall–Kier alpha value is -3.65. The van der Waals surface area contributed by atoms with E-state index in [4.69, 9.17) is 0 Å². The topological polar surface area (TPSA) is 89.9 Å². The van der Waals surface area contributed by atoms with Crippen molar-refractivity contribution in [1.29, 1.82) is 0 Å². The van der Waals surface area contributed by atoms with Crippen LogP contribution in [-0.2, 0) is 4.79 Å². The van der Waals surface area contributed by atoms with E-state index in [1.165, 1.54) is 0 Å². The predicted molar refractivity (Wildman–Crippen MR) is 93.2 cm³/mol. The van der Waals surface area contributed by atoms with Gasteiger partial charge in [0, 0.05) is 0 Å². The normalized spacial score (nSPS) is 9.33. The lowest BCUT2D eigenvalue weighted by Crippen LogP contribution is -2.27. The van der Waals surface area contributed by atoms with Gasteiger partial charge < -0.3 is 11.1 Å². The number of hydrogen-bond donors (Lipinski definition) is 0. The molecule has 0 aliphatic rings. The molecule has 0 saturated heterocycles. The molecule has 0 heterocycles. The molecule has 0 spiro atoms. The molecule has 2 aromatic rings. The number of hydrogen-bond acceptors (Lipinski definition) is 1. The van der Waals surface area contributed by atoms with E-state index in [1.807, 2.05) is 12.1 Å². The highest BCUT2D eigenvalue weighted by atomic mass is 16.1. The van der Waals surface area contributed by atoms with E-state index in [2.05, 4.69) is 22.7 Å². The van der Waals surface area contributed by atoms with Crippen LogP contribution in [0.2, 0.25) is 0 Å². The molecule has 0 unspecified atom stereocenters. The number of ketones is 1. The van der Waals surface area contributed by atoms with Gasteiger partial charge >= 0.3 is 17.2 Å². The minimum Gasteiger partial charge on any atom is -0.361 e. The van der Waals surface area contributed by atoms with Crippen LogP contribution in [0.3, 0.4) is 0 Å². The molecular weight excluding hydrogens is 300 g/mol. The van der Waals surface area contributed by atoms with Gasteiger partial charge in [0.25, 0.3) is 0 Å². The lowest BCUT2D eigenvalue weighted by atomic mass is 9.93. The fraction of sp³-hybridized carbons (Fsp3) is 0. The third-order valence-corrected chi connectivity index (χ3v) is 3.45. The van der Waals surface area contributed by atoms with E-state index in [1.54, 1.807) is 48.5 Å². The summed E-state index contributed by atoms with van der Waals surface area (Å²) in [7, 11) is 0. The maximum absolute atomic E-state index is 12.6. The van der Waals surface area contributed by atoms with Crippen molar-refractivity contribution in [3.63, 3.8) is 0 Å². The zero-order chi connectivity index (χ0) is 17.5. The first-order chi connectivity index (χ1) is 11.6. The molecule has 2 rings (SSSR count). The maximum atomic E-state index is 12.6. The summed E-state index contributed by atoms with van der Waals surface area (Å²) >= 11 is 0. The average Bonchev–Trinajstić information content (AvgIpc) is 2.64. The van der Waals surface area contributed by atoms with Crippen molar-refractivity contribution in [3.8, 4) is 0 Å². The van der Waals surface area contributed by atoms with Gasteiger partial charge in [-0.25, -0.2) is 0 Å². The van der Waals surface area contributed by atoms with Gasteiger partial charge in [-0.1, -0.05) is 73.8 Å². The molecule has 2 aromatic carbocycles. The summed E-state index contributed by atoms with van der Waals surface area (Å²) in [4.78, 5) is 18.7. The summed E-state index contributed by atoms with van der Waals surface area (Å²) in [6.07, 6.45) is 0. The zero-order valence-corrected chi connectivity index (χ0v) is 12.9. The quantitative estimate of drug-likeness (QED) is 0.457. The van der Waals surface area contributed by atoms with E-state index in [0.29, 0.717) is 11.1 Å². The lowest BCUT2D eigenvalue weighted by Gasteiger charge is -2.01. The molecule has 0 bridgehead atoms. The lowest BCUT2D eigenvalue weighted by molar-refractivity contribution is -0.114. The molecule has 0 amide bonds. The molecule has 5 nitrogen and oxygen atoms in total. The highest BCUT2D eigenvalue weighted by Gasteiger charge is 2.37. The highest BCUT2D eigenvalue weighted by molar-refractivity contribution is 6.78. The predicted octanol–water partition coefficient (Wildman–Crippen LogP) is 3.32. The van der Waals surface area contributed by atoms with Crippen LogP contribution < -0.4 is 0 Å². The van der Waals surface area contributed by atoms with E-state index < -0.39 is 5.78 Å². The molecular formula is C19H14N4O. The zero-order valence-electron chi connectivity index (χ0n) is 12.9. The summed E-state index contributed by atoms with van der Waals surface area (Å²) in [6.45, 7) is 7.58. The third kappa shape index (κ3) is 3.39. The standard InChI is InChI=1S/C19H14N4O/c1-13(15-9-5-3-6-10-15)17(22-20)19(24)18(23-21)14(2)16-11-7-4-8-12-16/h3-12H,1-2H2. The molecule has 116 valence electrons. The molecule has 0 radical (unpaired) electrons. The van der Waals surface area contributed by atoms with Crippen LogP contribution >= 0.6 is 0 Å². The van der Waals surface area contributed by atoms with Gasteiger partial charge in [-0.15, -0.1) is 0 Å². The van der Waals surface area contributed by atoms with Crippen molar-refractivity contribution in [2.24, 2.45) is 0 Å². The smallest absolute Gasteiger partial charge is 0.361 e. The molecule has 0 aliphatic heterocycles. The van der Waals surface area contributed by atoms with Crippen LogP contribution in [0.4, 0.5) is 0 Å². The Morgan fingerprint density at radius 3 is 1.33 bits per heavy atom. The molecule has 0 atom stereocenters. The van der Waals surface area contributed by atoms with Crippen molar-refractivity contribution in [3.05, 3.63) is 96.0 Å². The van der Waals surface area contributed by atoms with Gasteiger partial charge in [0.15, 0.2) is 0 Å². The van der Waals surface area contributed by atoms with Crippen LogP contribution in [0.5, 0.6) is 0 Å². The van der Waals surface area contributed by atoms with Gasteiger partial charge in [-0.3, -0.25) is 4.79 Å². The molecule has 0 aromatic heterocycles. The summed E-state index contributed by atoms with van der Waals surface area (Å²) in [5.74, 6) is -0.775. The molecule has 0 aliphatic carbocycles. The van der Waals surface area contributed by atoms with Gasteiger partial charge in [0.05, 0.1) is 11.1 Å². The Bertz CT molecular complexity index is 825. The number of nitrogens with zero attached hydrogens (tertiary/aromatic N) is 4. The van der Waals surface area contributed by atoms with E-state index in [-0.39, 0.29) is 22.6 Å². The van der Waals surface area contributed by atoms with E-state index in [0.717, 1.165) is 0 Å². The Morgan fingerprint density at radius 1 is 0.708 bits per heavy atom. The molecule has 5 heteroatoms. The summed E-state index contributed by atoms with van der Waals surface area (Å²) in [5, 5.41) is 0. The van der Waals surface area contributed by atoms with Crippen LogP contribution in [0, 0.1) is 0 Å². The largest absolute Gasteiger partial charge is 0.377 e. The SMILES string of the molecule is C=C(C(=[N+]=[N-])C(=O)C(=[N+]=[N-])C(=C)c1ccccc1)c1ccccc1. The fourth-order valence-electron chi connectivity index (χ4n) is 2.15. The number of benzene rings is 2. The first kappa shape index (κ1) is 16.7. The Labute approximate surface area is 139 Å². The van der Waals surface area contributed by atoms with Crippen LogP contribution in [-0.4, -0.2) is 26.8 Å². The van der Waals surface area contributed by atoms with E-state index in [9.17, 15) is 15.9 Å². The number of rotatable bonds is 6. The number of carbonyl (C=O) groups excluding carboxylic acids is 1.